The Kier molecular flexibility index (Phi) is 3.48. The average Bonchev–Trinajstić information content (AvgIpc) is 3.05. The fourth-order valence-corrected chi connectivity index (χ4v) is 2.14. The van der Waals surface area contributed by atoms with Crippen molar-refractivity contribution in [1.29, 1.82) is 0 Å². The maximum absolute atomic E-state index is 13.5. The Labute approximate surface area is 107 Å². The van der Waals surface area contributed by atoms with Crippen molar-refractivity contribution in [3.63, 3.8) is 0 Å². The number of hydrogen-bond donors (Lipinski definition) is 1. The van der Waals surface area contributed by atoms with Crippen LogP contribution >= 0.6 is 0 Å². The molecule has 1 atom stereocenters. The molecule has 3 nitrogen and oxygen atoms in total. The summed E-state index contributed by atoms with van der Waals surface area (Å²) >= 11 is 0. The third-order valence-electron chi connectivity index (χ3n) is 3.47. The van der Waals surface area contributed by atoms with Gasteiger partial charge >= 0.3 is 0 Å². The molecule has 2 N–H and O–H groups in total. The Balaban J connectivity index is 2.42. The minimum atomic E-state index is -1.03. The van der Waals surface area contributed by atoms with E-state index in [2.05, 4.69) is 0 Å². The lowest BCUT2D eigenvalue weighted by molar-refractivity contribution is 0.343. The van der Waals surface area contributed by atoms with Crippen LogP contribution in [0, 0.1) is 0 Å². The van der Waals surface area contributed by atoms with Gasteiger partial charge in [0.15, 0.2) is 11.5 Å². The van der Waals surface area contributed by atoms with Gasteiger partial charge in [0.1, 0.15) is 6.17 Å². The summed E-state index contributed by atoms with van der Waals surface area (Å²) in [5, 5.41) is 0. The molecule has 1 aliphatic carbocycles. The van der Waals surface area contributed by atoms with Gasteiger partial charge in [-0.15, -0.1) is 0 Å². The molecule has 0 bridgehead atoms. The van der Waals surface area contributed by atoms with Gasteiger partial charge in [0.05, 0.1) is 14.2 Å². The smallest absolute Gasteiger partial charge is 0.163 e. The normalized spacial score (nSPS) is 18.3. The minimum Gasteiger partial charge on any atom is -0.493 e. The number of rotatable bonds is 5. The van der Waals surface area contributed by atoms with Crippen LogP contribution in [0.3, 0.4) is 0 Å². The third-order valence-corrected chi connectivity index (χ3v) is 3.47. The quantitative estimate of drug-likeness (QED) is 0.877. The monoisotopic (exact) mass is 253 g/mol. The van der Waals surface area contributed by atoms with Gasteiger partial charge in [0.2, 0.25) is 0 Å². The van der Waals surface area contributed by atoms with E-state index in [0.717, 1.165) is 18.4 Å². The van der Waals surface area contributed by atoms with E-state index in [9.17, 15) is 4.39 Å². The van der Waals surface area contributed by atoms with Crippen LogP contribution in [0.5, 0.6) is 11.5 Å². The highest BCUT2D eigenvalue weighted by molar-refractivity contribution is 5.51. The van der Waals surface area contributed by atoms with Crippen molar-refractivity contribution < 1.29 is 13.9 Å². The zero-order valence-electron chi connectivity index (χ0n) is 11.1. The average molecular weight is 253 g/mol. The number of benzene rings is 1. The van der Waals surface area contributed by atoms with Crippen molar-refractivity contribution in [2.24, 2.45) is 5.73 Å². The molecule has 0 saturated heterocycles. The Morgan fingerprint density at radius 1 is 1.33 bits per heavy atom. The first-order valence-electron chi connectivity index (χ1n) is 6.17. The summed E-state index contributed by atoms with van der Waals surface area (Å²) in [6, 6.07) is 3.52. The first-order chi connectivity index (χ1) is 8.49. The lowest BCUT2D eigenvalue weighted by Gasteiger charge is -2.18. The summed E-state index contributed by atoms with van der Waals surface area (Å²) in [5.41, 5.74) is 7.52. The van der Waals surface area contributed by atoms with Gasteiger partial charge in [-0.05, 0) is 43.9 Å². The molecule has 0 radical (unpaired) electrons. The predicted octanol–water partition coefficient (Wildman–Crippen LogP) is 2.77. The molecule has 0 heterocycles. The molecule has 1 aromatic carbocycles. The van der Waals surface area contributed by atoms with Crippen molar-refractivity contribution in [3.8, 4) is 11.5 Å². The first kappa shape index (κ1) is 13.1. The summed E-state index contributed by atoms with van der Waals surface area (Å²) < 4.78 is 24.1. The van der Waals surface area contributed by atoms with E-state index in [1.807, 2.05) is 6.07 Å². The molecule has 1 unspecified atom stereocenters. The fourth-order valence-electron chi connectivity index (χ4n) is 2.14. The van der Waals surface area contributed by atoms with Crippen molar-refractivity contribution in [1.82, 2.24) is 0 Å². The van der Waals surface area contributed by atoms with Crippen molar-refractivity contribution in [2.45, 2.75) is 37.9 Å². The van der Waals surface area contributed by atoms with Crippen LogP contribution < -0.4 is 15.2 Å². The third kappa shape index (κ3) is 2.58. The van der Waals surface area contributed by atoms with E-state index in [4.69, 9.17) is 15.2 Å². The van der Waals surface area contributed by atoms with Crippen molar-refractivity contribution >= 4 is 0 Å². The highest BCUT2D eigenvalue weighted by Gasteiger charge is 2.39. The molecule has 1 saturated carbocycles. The number of nitrogens with two attached hydrogens (primary N) is 1. The van der Waals surface area contributed by atoms with Crippen molar-refractivity contribution in [2.75, 3.05) is 14.2 Å². The molecular weight excluding hydrogens is 233 g/mol. The SMILES string of the molecule is COc1cc(C(C)F)cc(CC2(N)CC2)c1OC. The lowest BCUT2D eigenvalue weighted by atomic mass is 9.99. The fraction of sp³-hybridized carbons (Fsp3) is 0.571. The summed E-state index contributed by atoms with van der Waals surface area (Å²) in [5.74, 6) is 1.23. The van der Waals surface area contributed by atoms with Crippen LogP contribution in [-0.2, 0) is 6.42 Å². The number of methoxy groups -OCH3 is 2. The van der Waals surface area contributed by atoms with Crippen LogP contribution in [-0.4, -0.2) is 19.8 Å². The predicted molar refractivity (Wildman–Crippen MR) is 68.9 cm³/mol. The Hall–Kier alpha value is -1.29. The number of halogens is 1. The van der Waals surface area contributed by atoms with Gasteiger partial charge in [-0.1, -0.05) is 0 Å². The molecule has 1 fully saturated rings. The molecule has 18 heavy (non-hydrogen) atoms. The molecule has 0 aromatic heterocycles. The van der Waals surface area contributed by atoms with Gasteiger partial charge in [0, 0.05) is 11.1 Å². The zero-order valence-corrected chi connectivity index (χ0v) is 11.1. The maximum atomic E-state index is 13.5. The molecule has 1 aromatic rings. The Morgan fingerprint density at radius 3 is 2.44 bits per heavy atom. The summed E-state index contributed by atoms with van der Waals surface area (Å²) in [6.45, 7) is 1.51. The minimum absolute atomic E-state index is 0.142. The second-order valence-electron chi connectivity index (χ2n) is 5.07. The van der Waals surface area contributed by atoms with Crippen molar-refractivity contribution in [3.05, 3.63) is 23.3 Å². The molecule has 0 spiro atoms. The first-order valence-corrected chi connectivity index (χ1v) is 6.17. The van der Waals surface area contributed by atoms with Crippen LogP contribution in [0.15, 0.2) is 12.1 Å². The Bertz CT molecular complexity index is 442. The standard InChI is InChI=1S/C14H20FNO2/c1-9(15)10-6-11(8-14(16)4-5-14)13(18-3)12(7-10)17-2/h6-7,9H,4-5,8,16H2,1-3H3. The van der Waals surface area contributed by atoms with Crippen LogP contribution in [0.4, 0.5) is 4.39 Å². The molecule has 0 amide bonds. The summed E-state index contributed by atoms with van der Waals surface area (Å²) in [6.07, 6.45) is 1.69. The molecular formula is C14H20FNO2. The highest BCUT2D eigenvalue weighted by Crippen LogP contribution is 2.42. The van der Waals surface area contributed by atoms with Gasteiger partial charge in [-0.2, -0.15) is 0 Å². The molecule has 0 aliphatic heterocycles. The molecule has 100 valence electrons. The Morgan fingerprint density at radius 2 is 2.00 bits per heavy atom. The summed E-state index contributed by atoms with van der Waals surface area (Å²) in [7, 11) is 3.15. The largest absolute Gasteiger partial charge is 0.493 e. The van der Waals surface area contributed by atoms with Gasteiger partial charge < -0.3 is 15.2 Å². The highest BCUT2D eigenvalue weighted by atomic mass is 19.1. The van der Waals surface area contributed by atoms with Gasteiger partial charge in [-0.25, -0.2) is 4.39 Å². The number of hydrogen-bond acceptors (Lipinski definition) is 3. The molecule has 4 heteroatoms. The summed E-state index contributed by atoms with van der Waals surface area (Å²) in [4.78, 5) is 0. The van der Waals surface area contributed by atoms with E-state index in [0.29, 0.717) is 23.5 Å². The van der Waals surface area contributed by atoms with E-state index < -0.39 is 6.17 Å². The second-order valence-corrected chi connectivity index (χ2v) is 5.07. The van der Waals surface area contributed by atoms with E-state index in [1.165, 1.54) is 6.92 Å². The van der Waals surface area contributed by atoms with Crippen LogP contribution in [0.25, 0.3) is 0 Å². The topological polar surface area (TPSA) is 44.5 Å². The van der Waals surface area contributed by atoms with Gasteiger partial charge in [-0.3, -0.25) is 0 Å². The molecule has 2 rings (SSSR count). The van der Waals surface area contributed by atoms with E-state index in [1.54, 1.807) is 20.3 Å². The second kappa shape index (κ2) is 4.76. The number of alkyl halides is 1. The van der Waals surface area contributed by atoms with Crippen LogP contribution in [0.1, 0.15) is 37.1 Å². The molecule has 1 aliphatic rings. The lowest BCUT2D eigenvalue weighted by Crippen LogP contribution is -2.25. The number of ether oxygens (including phenoxy) is 2. The maximum Gasteiger partial charge on any atom is 0.163 e. The van der Waals surface area contributed by atoms with Crippen LogP contribution in [0.2, 0.25) is 0 Å². The zero-order chi connectivity index (χ0) is 13.3. The van der Waals surface area contributed by atoms with Gasteiger partial charge in [0.25, 0.3) is 0 Å². The van der Waals surface area contributed by atoms with E-state index in [-0.39, 0.29) is 5.54 Å². The van der Waals surface area contributed by atoms with E-state index >= 15 is 0 Å².